The molecule has 1 unspecified atom stereocenters. The van der Waals surface area contributed by atoms with Crippen LogP contribution in [0, 0.1) is 0 Å². The lowest BCUT2D eigenvalue weighted by Gasteiger charge is -2.38. The molecule has 1 atom stereocenters. The minimum atomic E-state index is -0.433. The van der Waals surface area contributed by atoms with E-state index in [1.165, 1.54) is 0 Å². The Morgan fingerprint density at radius 3 is 2.50 bits per heavy atom. The summed E-state index contributed by atoms with van der Waals surface area (Å²) >= 11 is 0. The molecule has 1 aliphatic rings. The van der Waals surface area contributed by atoms with Crippen LogP contribution in [0.2, 0.25) is 0 Å². The average molecular weight is 280 g/mol. The molecule has 1 aromatic rings. The van der Waals surface area contributed by atoms with Crippen LogP contribution in [-0.4, -0.2) is 57.6 Å². The zero-order valence-corrected chi connectivity index (χ0v) is 12.7. The number of H-pyrrole nitrogens is 1. The van der Waals surface area contributed by atoms with Crippen molar-refractivity contribution >= 4 is 6.09 Å². The van der Waals surface area contributed by atoms with Crippen LogP contribution in [-0.2, 0) is 4.74 Å². The van der Waals surface area contributed by atoms with Gasteiger partial charge in [0.2, 0.25) is 0 Å². The summed E-state index contributed by atoms with van der Waals surface area (Å²) in [6, 6.07) is 0.290. The second kappa shape index (κ2) is 5.83. The molecular formula is C14H24N4O2. The first-order valence-electron chi connectivity index (χ1n) is 7.07. The first kappa shape index (κ1) is 14.8. The average Bonchev–Trinajstić information content (AvgIpc) is 2.90. The predicted molar refractivity (Wildman–Crippen MR) is 76.4 cm³/mol. The molecule has 1 aliphatic heterocycles. The fourth-order valence-electron chi connectivity index (χ4n) is 2.31. The molecule has 112 valence electrons. The Morgan fingerprint density at radius 1 is 1.35 bits per heavy atom. The molecule has 0 aromatic carbocycles. The number of hydrogen-bond acceptors (Lipinski definition) is 4. The van der Waals surface area contributed by atoms with Crippen molar-refractivity contribution in [2.24, 2.45) is 0 Å². The van der Waals surface area contributed by atoms with E-state index in [-0.39, 0.29) is 6.09 Å². The van der Waals surface area contributed by atoms with Crippen LogP contribution >= 0.6 is 0 Å². The Bertz CT molecular complexity index is 431. The predicted octanol–water partition coefficient (Wildman–Crippen LogP) is 2.02. The van der Waals surface area contributed by atoms with Gasteiger partial charge in [-0.05, 0) is 27.7 Å². The third-order valence-corrected chi connectivity index (χ3v) is 3.48. The summed E-state index contributed by atoms with van der Waals surface area (Å²) in [5.74, 6) is 0. The summed E-state index contributed by atoms with van der Waals surface area (Å²) in [6.45, 7) is 10.9. The second-order valence-electron chi connectivity index (χ2n) is 6.19. The van der Waals surface area contributed by atoms with Gasteiger partial charge in [-0.2, -0.15) is 0 Å². The summed E-state index contributed by atoms with van der Waals surface area (Å²) in [5, 5.41) is 0. The lowest BCUT2D eigenvalue weighted by atomic mass is 10.2. The van der Waals surface area contributed by atoms with Crippen molar-refractivity contribution in [1.29, 1.82) is 0 Å². The summed E-state index contributed by atoms with van der Waals surface area (Å²) in [4.78, 5) is 23.3. The number of nitrogens with one attached hydrogen (secondary N) is 1. The molecule has 2 heterocycles. The van der Waals surface area contributed by atoms with E-state index < -0.39 is 5.60 Å². The Balaban J connectivity index is 1.85. The lowest BCUT2D eigenvalue weighted by Crippen LogP contribution is -2.50. The topological polar surface area (TPSA) is 61.5 Å². The molecule has 20 heavy (non-hydrogen) atoms. The van der Waals surface area contributed by atoms with Gasteiger partial charge in [0.05, 0.1) is 12.0 Å². The number of nitrogens with zero attached hydrogens (tertiary/aromatic N) is 3. The number of amides is 1. The minimum absolute atomic E-state index is 0.216. The van der Waals surface area contributed by atoms with Gasteiger partial charge in [0.1, 0.15) is 5.60 Å². The molecule has 0 saturated carbocycles. The van der Waals surface area contributed by atoms with Crippen LogP contribution in [0.5, 0.6) is 0 Å². The number of aromatic nitrogens is 2. The number of carbonyl (C=O) groups excluding carboxylic acids is 1. The van der Waals surface area contributed by atoms with Crippen molar-refractivity contribution in [2.75, 3.05) is 26.2 Å². The van der Waals surface area contributed by atoms with Gasteiger partial charge in [-0.1, -0.05) is 0 Å². The smallest absolute Gasteiger partial charge is 0.410 e. The molecule has 2 rings (SSSR count). The van der Waals surface area contributed by atoms with E-state index in [9.17, 15) is 4.79 Å². The fraction of sp³-hybridized carbons (Fsp3) is 0.714. The van der Waals surface area contributed by atoms with E-state index in [1.807, 2.05) is 27.0 Å². The van der Waals surface area contributed by atoms with Gasteiger partial charge in [-0.15, -0.1) is 0 Å². The van der Waals surface area contributed by atoms with Crippen molar-refractivity contribution in [2.45, 2.75) is 39.3 Å². The Hall–Kier alpha value is -1.56. The van der Waals surface area contributed by atoms with E-state index in [0.29, 0.717) is 19.1 Å². The van der Waals surface area contributed by atoms with Crippen molar-refractivity contribution in [3.63, 3.8) is 0 Å². The number of carbonyl (C=O) groups is 1. The fourth-order valence-corrected chi connectivity index (χ4v) is 2.31. The number of ether oxygens (including phenoxy) is 1. The Labute approximate surface area is 120 Å². The summed E-state index contributed by atoms with van der Waals surface area (Å²) in [6.07, 6.45) is 3.33. The molecule has 1 saturated heterocycles. The Kier molecular flexibility index (Phi) is 4.32. The number of aromatic amines is 1. The van der Waals surface area contributed by atoms with E-state index in [0.717, 1.165) is 18.8 Å². The lowest BCUT2D eigenvalue weighted by molar-refractivity contribution is 0.0109. The standard InChI is InChI=1S/C14H24N4O2/c1-11(12-9-15-10-16-12)17-5-7-18(8-6-17)13(19)20-14(2,3)4/h9-11H,5-8H2,1-4H3,(H,15,16). The molecular weight excluding hydrogens is 256 g/mol. The first-order valence-corrected chi connectivity index (χ1v) is 7.07. The third kappa shape index (κ3) is 3.72. The van der Waals surface area contributed by atoms with Gasteiger partial charge < -0.3 is 14.6 Å². The van der Waals surface area contributed by atoms with Gasteiger partial charge in [0.25, 0.3) is 0 Å². The van der Waals surface area contributed by atoms with Gasteiger partial charge in [0.15, 0.2) is 0 Å². The monoisotopic (exact) mass is 280 g/mol. The summed E-state index contributed by atoms with van der Waals surface area (Å²) < 4.78 is 5.40. The zero-order valence-electron chi connectivity index (χ0n) is 12.7. The van der Waals surface area contributed by atoms with Crippen molar-refractivity contribution in [3.05, 3.63) is 18.2 Å². The highest BCUT2D eigenvalue weighted by Gasteiger charge is 2.28. The van der Waals surface area contributed by atoms with Crippen LogP contribution in [0.1, 0.15) is 39.4 Å². The van der Waals surface area contributed by atoms with Crippen LogP contribution < -0.4 is 0 Å². The summed E-state index contributed by atoms with van der Waals surface area (Å²) in [5.41, 5.74) is 0.674. The highest BCUT2D eigenvalue weighted by Crippen LogP contribution is 2.20. The van der Waals surface area contributed by atoms with Crippen molar-refractivity contribution < 1.29 is 9.53 Å². The minimum Gasteiger partial charge on any atom is -0.444 e. The molecule has 6 nitrogen and oxygen atoms in total. The number of piperazine rings is 1. The maximum absolute atomic E-state index is 12.0. The van der Waals surface area contributed by atoms with E-state index in [4.69, 9.17) is 4.74 Å². The quantitative estimate of drug-likeness (QED) is 0.900. The second-order valence-corrected chi connectivity index (χ2v) is 6.19. The van der Waals surface area contributed by atoms with Gasteiger partial charge in [0, 0.05) is 38.4 Å². The van der Waals surface area contributed by atoms with Crippen molar-refractivity contribution in [3.8, 4) is 0 Å². The van der Waals surface area contributed by atoms with Crippen molar-refractivity contribution in [1.82, 2.24) is 19.8 Å². The van der Waals surface area contributed by atoms with Crippen LogP contribution in [0.4, 0.5) is 4.79 Å². The molecule has 1 aromatic heterocycles. The maximum atomic E-state index is 12.0. The van der Waals surface area contributed by atoms with E-state index in [1.54, 1.807) is 11.2 Å². The molecule has 1 amide bonds. The zero-order chi connectivity index (χ0) is 14.8. The van der Waals surface area contributed by atoms with Gasteiger partial charge in [-0.25, -0.2) is 9.78 Å². The number of hydrogen-bond donors (Lipinski definition) is 1. The first-order chi connectivity index (χ1) is 9.37. The molecule has 6 heteroatoms. The highest BCUT2D eigenvalue weighted by molar-refractivity contribution is 5.68. The third-order valence-electron chi connectivity index (χ3n) is 3.48. The molecule has 0 spiro atoms. The molecule has 0 aliphatic carbocycles. The van der Waals surface area contributed by atoms with E-state index >= 15 is 0 Å². The highest BCUT2D eigenvalue weighted by atomic mass is 16.6. The molecule has 0 bridgehead atoms. The largest absolute Gasteiger partial charge is 0.444 e. The normalized spacial score (nSPS) is 18.9. The molecule has 0 radical (unpaired) electrons. The van der Waals surface area contributed by atoms with Gasteiger partial charge >= 0.3 is 6.09 Å². The van der Waals surface area contributed by atoms with Gasteiger partial charge in [-0.3, -0.25) is 4.90 Å². The number of rotatable bonds is 2. The maximum Gasteiger partial charge on any atom is 0.410 e. The van der Waals surface area contributed by atoms with Crippen LogP contribution in [0.15, 0.2) is 12.5 Å². The number of imidazole rings is 1. The summed E-state index contributed by atoms with van der Waals surface area (Å²) in [7, 11) is 0. The SMILES string of the molecule is CC(c1cnc[nH]1)N1CCN(C(=O)OC(C)(C)C)CC1. The molecule has 1 N–H and O–H groups in total. The molecule has 1 fully saturated rings. The van der Waals surface area contributed by atoms with Crippen LogP contribution in [0.3, 0.4) is 0 Å². The van der Waals surface area contributed by atoms with Crippen LogP contribution in [0.25, 0.3) is 0 Å². The Morgan fingerprint density at radius 2 is 2.00 bits per heavy atom. The van der Waals surface area contributed by atoms with E-state index in [2.05, 4.69) is 21.8 Å².